The highest BCUT2D eigenvalue weighted by Crippen LogP contribution is 2.22. The molecular weight excluding hydrogens is 277 g/mol. The van der Waals surface area contributed by atoms with Gasteiger partial charge < -0.3 is 9.84 Å². The Labute approximate surface area is 118 Å². The summed E-state index contributed by atoms with van der Waals surface area (Å²) in [6, 6.07) is 8.86. The van der Waals surface area contributed by atoms with Crippen LogP contribution in [0.3, 0.4) is 0 Å². The first-order chi connectivity index (χ1) is 10.1. The van der Waals surface area contributed by atoms with E-state index in [1.807, 2.05) is 0 Å². The monoisotopic (exact) mass is 287 g/mol. The van der Waals surface area contributed by atoms with E-state index in [0.29, 0.717) is 16.7 Å². The third-order valence-electron chi connectivity index (χ3n) is 3.07. The number of carboxylic acid groups (broad SMARTS) is 1. The Balaban J connectivity index is 2.13. The Kier molecular flexibility index (Phi) is 3.02. The summed E-state index contributed by atoms with van der Waals surface area (Å²) in [5.41, 5.74) is 1.60. The topological polar surface area (TPSA) is 77.2 Å². The summed E-state index contributed by atoms with van der Waals surface area (Å²) in [7, 11) is 1.39. The maximum absolute atomic E-state index is 13.7. The third kappa shape index (κ3) is 2.18. The first-order valence-electron chi connectivity index (χ1n) is 6.03. The zero-order valence-corrected chi connectivity index (χ0v) is 10.9. The second kappa shape index (κ2) is 4.86. The van der Waals surface area contributed by atoms with Crippen LogP contribution in [0.1, 0.15) is 10.4 Å². The predicted octanol–water partition coefficient (Wildman–Crippen LogP) is 2.27. The highest BCUT2D eigenvalue weighted by atomic mass is 19.1. The molecule has 3 rings (SSSR count). The van der Waals surface area contributed by atoms with Gasteiger partial charge in [-0.05, 0) is 30.3 Å². The molecule has 2 aromatic carbocycles. The fourth-order valence-corrected chi connectivity index (χ4v) is 2.03. The molecule has 0 atom stereocenters. The van der Waals surface area contributed by atoms with E-state index in [-0.39, 0.29) is 11.3 Å². The minimum Gasteiger partial charge on any atom is -0.494 e. The number of nitrogens with zero attached hydrogens (tertiary/aromatic N) is 3. The van der Waals surface area contributed by atoms with E-state index in [0.717, 1.165) is 0 Å². The molecule has 1 aromatic heterocycles. The van der Waals surface area contributed by atoms with Gasteiger partial charge in [-0.1, -0.05) is 5.21 Å². The molecule has 0 bridgehead atoms. The number of carboxylic acids is 1. The highest BCUT2D eigenvalue weighted by molar-refractivity contribution is 5.92. The molecular formula is C14H10FN3O3. The number of halogens is 1. The van der Waals surface area contributed by atoms with Gasteiger partial charge in [0.05, 0.1) is 23.9 Å². The van der Waals surface area contributed by atoms with Crippen LogP contribution in [0.5, 0.6) is 5.75 Å². The van der Waals surface area contributed by atoms with Crippen molar-refractivity contribution in [3.05, 3.63) is 47.8 Å². The predicted molar refractivity (Wildman–Crippen MR) is 72.3 cm³/mol. The van der Waals surface area contributed by atoms with Crippen LogP contribution in [0.4, 0.5) is 4.39 Å². The lowest BCUT2D eigenvalue weighted by atomic mass is 10.2. The molecule has 21 heavy (non-hydrogen) atoms. The molecule has 0 aliphatic carbocycles. The van der Waals surface area contributed by atoms with Crippen molar-refractivity contribution in [2.24, 2.45) is 0 Å². The Hall–Kier alpha value is -2.96. The number of carbonyl (C=O) groups is 1. The zero-order valence-electron chi connectivity index (χ0n) is 10.9. The molecule has 0 spiro atoms. The minimum atomic E-state index is -1.04. The van der Waals surface area contributed by atoms with E-state index in [1.165, 1.54) is 36.1 Å². The van der Waals surface area contributed by atoms with Crippen molar-refractivity contribution in [1.82, 2.24) is 15.0 Å². The number of aromatic nitrogens is 3. The van der Waals surface area contributed by atoms with Gasteiger partial charge in [-0.25, -0.2) is 13.9 Å². The summed E-state index contributed by atoms with van der Waals surface area (Å²) in [5.74, 6) is -1.42. The minimum absolute atomic E-state index is 0.121. The lowest BCUT2D eigenvalue weighted by molar-refractivity contribution is 0.0697. The van der Waals surface area contributed by atoms with Crippen LogP contribution in [-0.4, -0.2) is 33.2 Å². The van der Waals surface area contributed by atoms with E-state index in [9.17, 15) is 9.18 Å². The van der Waals surface area contributed by atoms with Crippen molar-refractivity contribution < 1.29 is 19.0 Å². The van der Waals surface area contributed by atoms with Gasteiger partial charge in [0, 0.05) is 6.07 Å². The second-order valence-electron chi connectivity index (χ2n) is 4.33. The van der Waals surface area contributed by atoms with Crippen molar-refractivity contribution in [2.45, 2.75) is 0 Å². The van der Waals surface area contributed by atoms with Crippen molar-refractivity contribution in [2.75, 3.05) is 7.11 Å². The zero-order chi connectivity index (χ0) is 15.0. The quantitative estimate of drug-likeness (QED) is 0.799. The lowest BCUT2D eigenvalue weighted by Gasteiger charge is -2.05. The molecule has 7 heteroatoms. The van der Waals surface area contributed by atoms with Gasteiger partial charge in [-0.15, -0.1) is 5.10 Å². The summed E-state index contributed by atoms with van der Waals surface area (Å²) in [4.78, 5) is 10.9. The van der Waals surface area contributed by atoms with E-state index in [4.69, 9.17) is 9.84 Å². The summed E-state index contributed by atoms with van der Waals surface area (Å²) in [5, 5.41) is 16.8. The molecule has 1 N–H and O–H groups in total. The molecule has 1 heterocycles. The summed E-state index contributed by atoms with van der Waals surface area (Å²) < 4.78 is 20.0. The van der Waals surface area contributed by atoms with E-state index >= 15 is 0 Å². The lowest BCUT2D eigenvalue weighted by Crippen LogP contribution is -1.99. The number of aromatic carboxylic acids is 1. The van der Waals surface area contributed by atoms with Crippen molar-refractivity contribution in [1.29, 1.82) is 0 Å². The normalized spacial score (nSPS) is 10.8. The van der Waals surface area contributed by atoms with Gasteiger partial charge in [-0.2, -0.15) is 0 Å². The number of hydrogen-bond donors (Lipinski definition) is 1. The molecule has 0 aliphatic heterocycles. The van der Waals surface area contributed by atoms with Gasteiger partial charge in [0.2, 0.25) is 0 Å². The molecule has 0 unspecified atom stereocenters. The van der Waals surface area contributed by atoms with Gasteiger partial charge in [0.1, 0.15) is 5.52 Å². The molecule has 0 radical (unpaired) electrons. The van der Waals surface area contributed by atoms with E-state index < -0.39 is 11.8 Å². The van der Waals surface area contributed by atoms with Gasteiger partial charge in [-0.3, -0.25) is 0 Å². The molecule has 0 saturated heterocycles. The standard InChI is InChI=1S/C14H10FN3O3/c1-21-13-5-3-9(7-10(13)15)18-12-4-2-8(14(19)20)6-11(12)16-17-18/h2-7H,1H3,(H,19,20). The van der Waals surface area contributed by atoms with Crippen molar-refractivity contribution >= 4 is 17.0 Å². The molecule has 0 aliphatic rings. The summed E-state index contributed by atoms with van der Waals surface area (Å²) in [6.07, 6.45) is 0. The molecule has 0 fully saturated rings. The number of ether oxygens (including phenoxy) is 1. The number of hydrogen-bond acceptors (Lipinski definition) is 4. The van der Waals surface area contributed by atoms with Crippen LogP contribution < -0.4 is 4.74 Å². The Morgan fingerprint density at radius 1 is 1.29 bits per heavy atom. The molecule has 6 nitrogen and oxygen atoms in total. The van der Waals surface area contributed by atoms with Crippen LogP contribution in [0.2, 0.25) is 0 Å². The first kappa shape index (κ1) is 13.0. The van der Waals surface area contributed by atoms with Gasteiger partial charge in [0.25, 0.3) is 0 Å². The third-order valence-corrected chi connectivity index (χ3v) is 3.07. The Morgan fingerprint density at radius 3 is 2.76 bits per heavy atom. The fourth-order valence-electron chi connectivity index (χ4n) is 2.03. The Morgan fingerprint density at radius 2 is 2.10 bits per heavy atom. The number of benzene rings is 2. The first-order valence-corrected chi connectivity index (χ1v) is 6.03. The maximum Gasteiger partial charge on any atom is 0.335 e. The number of rotatable bonds is 3. The van der Waals surface area contributed by atoms with E-state index in [1.54, 1.807) is 12.1 Å². The van der Waals surface area contributed by atoms with Crippen LogP contribution in [-0.2, 0) is 0 Å². The molecule has 106 valence electrons. The molecule has 3 aromatic rings. The average Bonchev–Trinajstić information content (AvgIpc) is 2.90. The highest BCUT2D eigenvalue weighted by Gasteiger charge is 2.12. The second-order valence-corrected chi connectivity index (χ2v) is 4.33. The molecule has 0 amide bonds. The summed E-state index contributed by atoms with van der Waals surface area (Å²) in [6.45, 7) is 0. The van der Waals surface area contributed by atoms with Crippen molar-refractivity contribution in [3.8, 4) is 11.4 Å². The average molecular weight is 287 g/mol. The van der Waals surface area contributed by atoms with Gasteiger partial charge in [0.15, 0.2) is 11.6 Å². The smallest absolute Gasteiger partial charge is 0.335 e. The van der Waals surface area contributed by atoms with Gasteiger partial charge >= 0.3 is 5.97 Å². The SMILES string of the molecule is COc1ccc(-n2nnc3cc(C(=O)O)ccc32)cc1F. The van der Waals surface area contributed by atoms with Crippen LogP contribution >= 0.6 is 0 Å². The van der Waals surface area contributed by atoms with Crippen LogP contribution in [0.25, 0.3) is 16.7 Å². The summed E-state index contributed by atoms with van der Waals surface area (Å²) >= 11 is 0. The number of fused-ring (bicyclic) bond motifs is 1. The fraction of sp³-hybridized carbons (Fsp3) is 0.0714. The van der Waals surface area contributed by atoms with Crippen LogP contribution in [0, 0.1) is 5.82 Å². The Bertz CT molecular complexity index is 845. The molecule has 0 saturated carbocycles. The van der Waals surface area contributed by atoms with Crippen LogP contribution in [0.15, 0.2) is 36.4 Å². The number of methoxy groups -OCH3 is 1. The van der Waals surface area contributed by atoms with Crippen molar-refractivity contribution in [3.63, 3.8) is 0 Å². The largest absolute Gasteiger partial charge is 0.494 e. The maximum atomic E-state index is 13.7. The van der Waals surface area contributed by atoms with E-state index in [2.05, 4.69) is 10.3 Å².